The van der Waals surface area contributed by atoms with E-state index in [0.29, 0.717) is 4.47 Å². The maximum Gasteiger partial charge on any atom is 0.339 e. The molecule has 0 saturated heterocycles. The third-order valence-corrected chi connectivity index (χ3v) is 3.02. The minimum absolute atomic E-state index is 0.0305. The van der Waals surface area contributed by atoms with Crippen LogP contribution < -0.4 is 5.32 Å². The number of halogens is 2. The van der Waals surface area contributed by atoms with Crippen molar-refractivity contribution in [1.29, 1.82) is 0 Å². The van der Waals surface area contributed by atoms with E-state index in [9.17, 15) is 9.59 Å². The summed E-state index contributed by atoms with van der Waals surface area (Å²) in [4.78, 5) is 21.3. The largest absolute Gasteiger partial charge is 0.480 e. The van der Waals surface area contributed by atoms with Crippen LogP contribution in [0, 0.1) is 0 Å². The number of nitrogens with one attached hydrogen (secondary N) is 1. The maximum atomic E-state index is 10.9. The smallest absolute Gasteiger partial charge is 0.339 e. The van der Waals surface area contributed by atoms with Gasteiger partial charge in [-0.25, -0.2) is 4.79 Å². The first-order valence-electron chi connectivity index (χ1n) is 4.10. The number of rotatable bonds is 4. The van der Waals surface area contributed by atoms with Gasteiger partial charge in [0.2, 0.25) is 0 Å². The van der Waals surface area contributed by atoms with Crippen LogP contribution in [0.4, 0.5) is 5.69 Å². The Balaban J connectivity index is 3.13. The SMILES string of the molecule is O=C(O)CNc1ccc(Br)c(Cl)c1C(=O)O. The van der Waals surface area contributed by atoms with E-state index in [1.165, 1.54) is 6.07 Å². The van der Waals surface area contributed by atoms with Crippen LogP contribution in [0.5, 0.6) is 0 Å². The zero-order valence-corrected chi connectivity index (χ0v) is 10.2. The normalized spacial score (nSPS) is 9.88. The lowest BCUT2D eigenvalue weighted by Crippen LogP contribution is -2.15. The lowest BCUT2D eigenvalue weighted by molar-refractivity contribution is -0.134. The summed E-state index contributed by atoms with van der Waals surface area (Å²) in [5, 5.41) is 19.9. The first kappa shape index (κ1) is 12.8. The Labute approximate surface area is 104 Å². The van der Waals surface area contributed by atoms with Gasteiger partial charge in [-0.3, -0.25) is 4.79 Å². The Morgan fingerprint density at radius 3 is 2.50 bits per heavy atom. The molecule has 0 aliphatic heterocycles. The highest BCUT2D eigenvalue weighted by Crippen LogP contribution is 2.31. The van der Waals surface area contributed by atoms with Gasteiger partial charge in [0.25, 0.3) is 0 Å². The minimum atomic E-state index is -1.22. The fourth-order valence-electron chi connectivity index (χ4n) is 1.08. The molecule has 0 atom stereocenters. The highest BCUT2D eigenvalue weighted by Gasteiger charge is 2.17. The number of benzene rings is 1. The molecule has 0 aliphatic carbocycles. The number of aromatic carboxylic acids is 1. The standard InChI is InChI=1S/C9H7BrClNO4/c10-4-1-2-5(12-3-6(13)14)7(8(4)11)9(15)16/h1-2,12H,3H2,(H,13,14)(H,15,16). The highest BCUT2D eigenvalue weighted by molar-refractivity contribution is 9.10. The zero-order valence-electron chi connectivity index (χ0n) is 7.83. The molecule has 0 aliphatic rings. The van der Waals surface area contributed by atoms with Gasteiger partial charge in [0.1, 0.15) is 12.1 Å². The molecular weight excluding hydrogens is 301 g/mol. The van der Waals surface area contributed by atoms with Crippen molar-refractivity contribution in [3.05, 3.63) is 27.2 Å². The molecule has 0 aromatic heterocycles. The highest BCUT2D eigenvalue weighted by atomic mass is 79.9. The molecule has 0 unspecified atom stereocenters. The van der Waals surface area contributed by atoms with Crippen LogP contribution in [0.15, 0.2) is 16.6 Å². The van der Waals surface area contributed by atoms with E-state index in [1.54, 1.807) is 6.07 Å². The van der Waals surface area contributed by atoms with Crippen molar-refractivity contribution in [3.8, 4) is 0 Å². The molecule has 0 fully saturated rings. The minimum Gasteiger partial charge on any atom is -0.480 e. The van der Waals surface area contributed by atoms with E-state index >= 15 is 0 Å². The quantitative estimate of drug-likeness (QED) is 0.794. The third-order valence-electron chi connectivity index (χ3n) is 1.74. The molecule has 0 bridgehead atoms. The summed E-state index contributed by atoms with van der Waals surface area (Å²) < 4.78 is 0.437. The second-order valence-electron chi connectivity index (χ2n) is 2.84. The molecule has 16 heavy (non-hydrogen) atoms. The number of carboxylic acids is 2. The molecule has 1 aromatic rings. The predicted octanol–water partition coefficient (Wildman–Crippen LogP) is 2.30. The summed E-state index contributed by atoms with van der Waals surface area (Å²) in [6, 6.07) is 2.99. The van der Waals surface area contributed by atoms with Crippen LogP contribution >= 0.6 is 27.5 Å². The number of aliphatic carboxylic acids is 1. The molecule has 1 rings (SSSR count). The van der Waals surface area contributed by atoms with E-state index in [4.69, 9.17) is 21.8 Å². The van der Waals surface area contributed by atoms with Crippen molar-refractivity contribution >= 4 is 45.2 Å². The summed E-state index contributed by atoms with van der Waals surface area (Å²) >= 11 is 8.88. The van der Waals surface area contributed by atoms with Crippen LogP contribution in [-0.2, 0) is 4.79 Å². The Morgan fingerprint density at radius 2 is 2.00 bits per heavy atom. The van der Waals surface area contributed by atoms with Crippen LogP contribution in [0.3, 0.4) is 0 Å². The van der Waals surface area contributed by atoms with Crippen molar-refractivity contribution in [3.63, 3.8) is 0 Å². The van der Waals surface area contributed by atoms with Crippen LogP contribution in [0.25, 0.3) is 0 Å². The molecule has 7 heteroatoms. The Hall–Kier alpha value is -1.27. The van der Waals surface area contributed by atoms with Crippen molar-refractivity contribution in [2.75, 3.05) is 11.9 Å². The van der Waals surface area contributed by atoms with Gasteiger partial charge in [0.15, 0.2) is 0 Å². The fraction of sp³-hybridized carbons (Fsp3) is 0.111. The zero-order chi connectivity index (χ0) is 12.3. The fourth-order valence-corrected chi connectivity index (χ4v) is 1.65. The topological polar surface area (TPSA) is 86.6 Å². The number of anilines is 1. The van der Waals surface area contributed by atoms with Gasteiger partial charge >= 0.3 is 11.9 Å². The van der Waals surface area contributed by atoms with Gasteiger partial charge in [-0.05, 0) is 28.1 Å². The molecule has 86 valence electrons. The molecule has 0 radical (unpaired) electrons. The summed E-state index contributed by atoms with van der Waals surface area (Å²) in [6.45, 7) is -0.377. The lowest BCUT2D eigenvalue weighted by atomic mass is 10.2. The van der Waals surface area contributed by atoms with Gasteiger partial charge in [0.05, 0.1) is 10.7 Å². The molecule has 0 amide bonds. The van der Waals surface area contributed by atoms with E-state index in [1.807, 2.05) is 0 Å². The van der Waals surface area contributed by atoms with Crippen molar-refractivity contribution < 1.29 is 19.8 Å². The average molecular weight is 309 g/mol. The molecule has 0 spiro atoms. The van der Waals surface area contributed by atoms with Gasteiger partial charge < -0.3 is 15.5 Å². The summed E-state index contributed by atoms with van der Waals surface area (Å²) in [5.74, 6) is -2.31. The Kier molecular flexibility index (Phi) is 4.14. The van der Waals surface area contributed by atoms with Crippen molar-refractivity contribution in [2.45, 2.75) is 0 Å². The lowest BCUT2D eigenvalue weighted by Gasteiger charge is -2.10. The summed E-state index contributed by atoms with van der Waals surface area (Å²) in [7, 11) is 0. The van der Waals surface area contributed by atoms with E-state index < -0.39 is 11.9 Å². The number of carboxylic acid groups (broad SMARTS) is 2. The number of carbonyl (C=O) groups is 2. The predicted molar refractivity (Wildman–Crippen MR) is 62.2 cm³/mol. The first-order chi connectivity index (χ1) is 7.43. The number of hydrogen-bond donors (Lipinski definition) is 3. The van der Waals surface area contributed by atoms with Crippen molar-refractivity contribution in [1.82, 2.24) is 0 Å². The summed E-state index contributed by atoms with van der Waals surface area (Å²) in [5.41, 5.74) is 0.0143. The van der Waals surface area contributed by atoms with E-state index in [2.05, 4.69) is 21.2 Å². The van der Waals surface area contributed by atoms with Gasteiger partial charge in [-0.2, -0.15) is 0 Å². The van der Waals surface area contributed by atoms with Gasteiger partial charge in [-0.1, -0.05) is 11.6 Å². The molecular formula is C9H7BrClNO4. The van der Waals surface area contributed by atoms with Gasteiger partial charge in [-0.15, -0.1) is 0 Å². The Bertz CT molecular complexity index is 449. The third kappa shape index (κ3) is 2.86. The summed E-state index contributed by atoms with van der Waals surface area (Å²) in [6.07, 6.45) is 0. The van der Waals surface area contributed by atoms with Crippen LogP contribution in [0.1, 0.15) is 10.4 Å². The molecule has 3 N–H and O–H groups in total. The molecule has 0 heterocycles. The first-order valence-corrected chi connectivity index (χ1v) is 5.27. The maximum absolute atomic E-state index is 10.9. The average Bonchev–Trinajstić information content (AvgIpc) is 2.19. The number of hydrogen-bond acceptors (Lipinski definition) is 3. The monoisotopic (exact) mass is 307 g/mol. The molecule has 5 nitrogen and oxygen atoms in total. The van der Waals surface area contributed by atoms with Crippen LogP contribution in [-0.4, -0.2) is 28.7 Å². The van der Waals surface area contributed by atoms with Crippen LogP contribution in [0.2, 0.25) is 5.02 Å². The second kappa shape index (κ2) is 5.18. The van der Waals surface area contributed by atoms with E-state index in [0.717, 1.165) is 0 Å². The van der Waals surface area contributed by atoms with E-state index in [-0.39, 0.29) is 22.8 Å². The Morgan fingerprint density at radius 1 is 1.38 bits per heavy atom. The van der Waals surface area contributed by atoms with Gasteiger partial charge in [0, 0.05) is 4.47 Å². The second-order valence-corrected chi connectivity index (χ2v) is 4.07. The van der Waals surface area contributed by atoms with Crippen molar-refractivity contribution in [2.24, 2.45) is 0 Å². The molecule has 1 aromatic carbocycles. The molecule has 0 saturated carbocycles.